The molecule has 0 unspecified atom stereocenters. The molecule has 0 aliphatic carbocycles. The van der Waals surface area contributed by atoms with Gasteiger partial charge in [0.2, 0.25) is 0 Å². The van der Waals surface area contributed by atoms with Crippen molar-refractivity contribution >= 4 is 11.8 Å². The Kier molecular flexibility index (Phi) is 4.45. The minimum absolute atomic E-state index is 0.0422. The van der Waals surface area contributed by atoms with Crippen LogP contribution in [0.4, 0.5) is 8.78 Å². The fourth-order valence-corrected chi connectivity index (χ4v) is 2.33. The van der Waals surface area contributed by atoms with Crippen LogP contribution in [0.5, 0.6) is 0 Å². The Labute approximate surface area is 121 Å². The maximum Gasteiger partial charge on any atom is 0.170 e. The number of hydrogen-bond donors (Lipinski definition) is 2. The summed E-state index contributed by atoms with van der Waals surface area (Å²) >= 11 is 0.943. The number of imidazole rings is 1. The molecule has 0 saturated heterocycles. The van der Waals surface area contributed by atoms with Crippen LogP contribution in [-0.4, -0.2) is 15.5 Å². The summed E-state index contributed by atoms with van der Waals surface area (Å²) in [5, 5.41) is 3.66. The lowest BCUT2D eigenvalue weighted by Crippen LogP contribution is -2.35. The molecule has 20 heavy (non-hydrogen) atoms. The molecule has 0 amide bonds. The number of nitrogens with zero attached hydrogens (tertiary/aromatic N) is 1. The predicted molar refractivity (Wildman–Crippen MR) is 75.7 cm³/mol. The summed E-state index contributed by atoms with van der Waals surface area (Å²) in [6.45, 7) is 6.42. The van der Waals surface area contributed by atoms with Crippen molar-refractivity contribution in [3.05, 3.63) is 41.7 Å². The van der Waals surface area contributed by atoms with Gasteiger partial charge in [0, 0.05) is 24.5 Å². The Bertz CT molecular complexity index is 554. The fourth-order valence-electron chi connectivity index (χ4n) is 1.58. The fraction of sp³-hybridized carbons (Fsp3) is 0.357. The zero-order valence-corrected chi connectivity index (χ0v) is 12.4. The Morgan fingerprint density at radius 1 is 1.25 bits per heavy atom. The monoisotopic (exact) mass is 297 g/mol. The third kappa shape index (κ3) is 4.05. The van der Waals surface area contributed by atoms with Crippen molar-refractivity contribution in [3.8, 4) is 0 Å². The third-order valence-electron chi connectivity index (χ3n) is 2.55. The highest BCUT2D eigenvalue weighted by Crippen LogP contribution is 2.30. The van der Waals surface area contributed by atoms with E-state index in [9.17, 15) is 8.78 Å². The molecule has 2 N–H and O–H groups in total. The lowest BCUT2D eigenvalue weighted by Gasteiger charge is -2.20. The lowest BCUT2D eigenvalue weighted by molar-refractivity contribution is 0.422. The number of hydrogen-bond acceptors (Lipinski definition) is 3. The molecule has 3 nitrogen and oxygen atoms in total. The summed E-state index contributed by atoms with van der Waals surface area (Å²) in [4.78, 5) is 6.71. The summed E-state index contributed by atoms with van der Waals surface area (Å²) in [6, 6.07) is 2.71. The molecule has 0 atom stereocenters. The van der Waals surface area contributed by atoms with Crippen molar-refractivity contribution in [1.29, 1.82) is 0 Å². The molecular formula is C14H17F2N3S. The highest BCUT2D eigenvalue weighted by atomic mass is 32.2. The largest absolute Gasteiger partial charge is 0.339 e. The van der Waals surface area contributed by atoms with E-state index in [1.807, 2.05) is 20.8 Å². The van der Waals surface area contributed by atoms with Crippen LogP contribution in [0.25, 0.3) is 0 Å². The van der Waals surface area contributed by atoms with Crippen molar-refractivity contribution in [3.63, 3.8) is 0 Å². The molecule has 0 fully saturated rings. The van der Waals surface area contributed by atoms with Gasteiger partial charge in [0.15, 0.2) is 5.16 Å². The number of halogens is 2. The molecule has 2 rings (SSSR count). The van der Waals surface area contributed by atoms with Crippen LogP contribution in [0.1, 0.15) is 26.3 Å². The Balaban J connectivity index is 2.16. The van der Waals surface area contributed by atoms with Crippen LogP contribution in [0.15, 0.2) is 34.6 Å². The van der Waals surface area contributed by atoms with Gasteiger partial charge >= 0.3 is 0 Å². The minimum Gasteiger partial charge on any atom is -0.339 e. The van der Waals surface area contributed by atoms with Gasteiger partial charge in [-0.25, -0.2) is 13.8 Å². The first-order valence-electron chi connectivity index (χ1n) is 6.25. The first-order chi connectivity index (χ1) is 9.35. The van der Waals surface area contributed by atoms with Crippen molar-refractivity contribution in [1.82, 2.24) is 15.3 Å². The maximum atomic E-state index is 14.0. The van der Waals surface area contributed by atoms with Crippen molar-refractivity contribution in [2.75, 3.05) is 0 Å². The summed E-state index contributed by atoms with van der Waals surface area (Å²) in [5.74, 6) is -1.14. The summed E-state index contributed by atoms with van der Waals surface area (Å²) in [6.07, 6.45) is 3.15. The molecule has 0 aliphatic rings. The van der Waals surface area contributed by atoms with Crippen LogP contribution in [0.2, 0.25) is 0 Å². The average Bonchev–Trinajstić information content (AvgIpc) is 2.83. The van der Waals surface area contributed by atoms with Gasteiger partial charge in [-0.15, -0.1) is 0 Å². The van der Waals surface area contributed by atoms with Crippen molar-refractivity contribution in [2.24, 2.45) is 0 Å². The van der Waals surface area contributed by atoms with E-state index in [4.69, 9.17) is 0 Å². The quantitative estimate of drug-likeness (QED) is 0.903. The predicted octanol–water partition coefficient (Wildman–Crippen LogP) is 3.73. The topological polar surface area (TPSA) is 40.7 Å². The van der Waals surface area contributed by atoms with Crippen LogP contribution >= 0.6 is 11.8 Å². The van der Waals surface area contributed by atoms with Crippen molar-refractivity contribution in [2.45, 2.75) is 42.9 Å². The molecule has 1 aromatic carbocycles. The van der Waals surface area contributed by atoms with E-state index in [-0.39, 0.29) is 10.4 Å². The van der Waals surface area contributed by atoms with E-state index in [1.54, 1.807) is 12.4 Å². The van der Waals surface area contributed by atoms with Crippen LogP contribution in [-0.2, 0) is 6.54 Å². The molecular weight excluding hydrogens is 280 g/mol. The van der Waals surface area contributed by atoms with Gasteiger partial charge in [0.25, 0.3) is 0 Å². The van der Waals surface area contributed by atoms with E-state index in [2.05, 4.69) is 15.3 Å². The van der Waals surface area contributed by atoms with E-state index in [0.29, 0.717) is 17.3 Å². The third-order valence-corrected chi connectivity index (χ3v) is 3.56. The standard InChI is InChI=1S/C14H17F2N3S/c1-14(2,3)19-8-9-6-10(15)12(11(16)7-9)20-13-17-4-5-18-13/h4-7,19H,8H2,1-3H3,(H,17,18). The second-order valence-electron chi connectivity index (χ2n) is 5.49. The van der Waals surface area contributed by atoms with Crippen LogP contribution < -0.4 is 5.32 Å². The van der Waals surface area contributed by atoms with Gasteiger partial charge in [-0.05, 0) is 50.2 Å². The number of aromatic amines is 1. The van der Waals surface area contributed by atoms with Crippen LogP contribution in [0.3, 0.4) is 0 Å². The number of benzene rings is 1. The zero-order valence-electron chi connectivity index (χ0n) is 11.6. The number of nitrogens with one attached hydrogen (secondary N) is 2. The molecule has 6 heteroatoms. The Morgan fingerprint density at radius 3 is 2.40 bits per heavy atom. The summed E-state index contributed by atoms with van der Waals surface area (Å²) in [7, 11) is 0. The Morgan fingerprint density at radius 2 is 1.90 bits per heavy atom. The molecule has 1 aromatic heterocycles. The van der Waals surface area contributed by atoms with Gasteiger partial charge in [-0.1, -0.05) is 0 Å². The average molecular weight is 297 g/mol. The van der Waals surface area contributed by atoms with E-state index < -0.39 is 11.6 Å². The molecule has 0 aliphatic heterocycles. The van der Waals surface area contributed by atoms with E-state index in [1.165, 1.54) is 12.1 Å². The number of aromatic nitrogens is 2. The van der Waals surface area contributed by atoms with Gasteiger partial charge in [0.05, 0.1) is 4.90 Å². The summed E-state index contributed by atoms with van der Waals surface area (Å²) in [5.41, 5.74) is 0.480. The zero-order chi connectivity index (χ0) is 14.8. The van der Waals surface area contributed by atoms with Gasteiger partial charge < -0.3 is 10.3 Å². The smallest absolute Gasteiger partial charge is 0.170 e. The number of H-pyrrole nitrogens is 1. The van der Waals surface area contributed by atoms with E-state index >= 15 is 0 Å². The molecule has 2 aromatic rings. The highest BCUT2D eigenvalue weighted by Gasteiger charge is 2.15. The highest BCUT2D eigenvalue weighted by molar-refractivity contribution is 7.99. The molecule has 108 valence electrons. The van der Waals surface area contributed by atoms with E-state index in [0.717, 1.165) is 11.8 Å². The van der Waals surface area contributed by atoms with Crippen LogP contribution in [0, 0.1) is 11.6 Å². The summed E-state index contributed by atoms with van der Waals surface area (Å²) < 4.78 is 28.0. The molecule has 0 radical (unpaired) electrons. The molecule has 0 spiro atoms. The second kappa shape index (κ2) is 5.93. The number of rotatable bonds is 4. The maximum absolute atomic E-state index is 14.0. The van der Waals surface area contributed by atoms with Gasteiger partial charge in [0.1, 0.15) is 11.6 Å². The molecule has 0 saturated carbocycles. The Hall–Kier alpha value is -1.40. The minimum atomic E-state index is -0.572. The van der Waals surface area contributed by atoms with Gasteiger partial charge in [-0.3, -0.25) is 0 Å². The van der Waals surface area contributed by atoms with Gasteiger partial charge in [-0.2, -0.15) is 0 Å². The lowest BCUT2D eigenvalue weighted by atomic mass is 10.1. The molecule has 1 heterocycles. The first kappa shape index (κ1) is 15.0. The molecule has 0 bridgehead atoms. The SMILES string of the molecule is CC(C)(C)NCc1cc(F)c(Sc2ncc[nH]2)c(F)c1. The first-order valence-corrected chi connectivity index (χ1v) is 7.07. The normalized spacial score (nSPS) is 11.8. The van der Waals surface area contributed by atoms with Crippen molar-refractivity contribution < 1.29 is 8.78 Å². The second-order valence-corrected chi connectivity index (χ2v) is 6.49.